The SMILES string of the molecule is CCNC(=NCCCN1CCC(C)CC1)NCCOC.I. The molecule has 6 heteroatoms. The predicted octanol–water partition coefficient (Wildman–Crippen LogP) is 1.93. The summed E-state index contributed by atoms with van der Waals surface area (Å²) in [4.78, 5) is 7.17. The highest BCUT2D eigenvalue weighted by Gasteiger charge is 2.14. The number of guanidine groups is 1. The zero-order valence-electron chi connectivity index (χ0n) is 13.9. The van der Waals surface area contributed by atoms with Crippen LogP contribution in [0.4, 0.5) is 0 Å². The van der Waals surface area contributed by atoms with Crippen molar-refractivity contribution in [3.63, 3.8) is 0 Å². The number of piperidine rings is 1. The number of halogens is 1. The van der Waals surface area contributed by atoms with E-state index in [9.17, 15) is 0 Å². The van der Waals surface area contributed by atoms with Crippen LogP contribution in [0.15, 0.2) is 4.99 Å². The van der Waals surface area contributed by atoms with Crippen molar-refractivity contribution in [3.05, 3.63) is 0 Å². The second-order valence-electron chi connectivity index (χ2n) is 5.56. The van der Waals surface area contributed by atoms with Crippen LogP contribution in [0.5, 0.6) is 0 Å². The smallest absolute Gasteiger partial charge is 0.191 e. The number of rotatable bonds is 8. The van der Waals surface area contributed by atoms with E-state index in [1.54, 1.807) is 7.11 Å². The fourth-order valence-electron chi connectivity index (χ4n) is 2.38. The Morgan fingerprint density at radius 1 is 1.29 bits per heavy atom. The van der Waals surface area contributed by atoms with E-state index in [-0.39, 0.29) is 24.0 Å². The van der Waals surface area contributed by atoms with Crippen LogP contribution >= 0.6 is 24.0 Å². The molecule has 0 unspecified atom stereocenters. The molecule has 0 spiro atoms. The molecule has 0 bridgehead atoms. The van der Waals surface area contributed by atoms with E-state index in [2.05, 4.69) is 34.4 Å². The Morgan fingerprint density at radius 3 is 2.62 bits per heavy atom. The first-order valence-electron chi connectivity index (χ1n) is 7.99. The van der Waals surface area contributed by atoms with Gasteiger partial charge in [0.25, 0.3) is 0 Å². The molecule has 0 aliphatic carbocycles. The average molecular weight is 412 g/mol. The third-order valence-electron chi connectivity index (χ3n) is 3.72. The summed E-state index contributed by atoms with van der Waals surface area (Å²) in [5, 5.41) is 6.52. The number of nitrogens with one attached hydrogen (secondary N) is 2. The van der Waals surface area contributed by atoms with Gasteiger partial charge in [-0.05, 0) is 51.7 Å². The van der Waals surface area contributed by atoms with Gasteiger partial charge in [0, 0.05) is 26.7 Å². The van der Waals surface area contributed by atoms with Gasteiger partial charge < -0.3 is 20.3 Å². The number of hydrogen-bond donors (Lipinski definition) is 2. The lowest BCUT2D eigenvalue weighted by Crippen LogP contribution is -2.39. The van der Waals surface area contributed by atoms with Crippen LogP contribution in [0, 0.1) is 5.92 Å². The molecule has 1 heterocycles. The van der Waals surface area contributed by atoms with Crippen LogP contribution in [0.25, 0.3) is 0 Å². The average Bonchev–Trinajstić information content (AvgIpc) is 2.45. The van der Waals surface area contributed by atoms with Crippen molar-refractivity contribution in [2.45, 2.75) is 33.1 Å². The maximum atomic E-state index is 5.03. The third kappa shape index (κ3) is 10.3. The Labute approximate surface area is 147 Å². The van der Waals surface area contributed by atoms with E-state index in [0.29, 0.717) is 6.61 Å². The van der Waals surface area contributed by atoms with Crippen molar-refractivity contribution < 1.29 is 4.74 Å². The van der Waals surface area contributed by atoms with Gasteiger partial charge in [0.2, 0.25) is 0 Å². The Hall–Kier alpha value is -0.0800. The standard InChI is InChI=1S/C15H32N4O.HI/c1-4-16-15(18-9-13-20-3)17-8-5-10-19-11-6-14(2)7-12-19;/h14H,4-13H2,1-3H3,(H2,16,17,18);1H. The first kappa shape index (κ1) is 20.9. The van der Waals surface area contributed by atoms with Crippen molar-refractivity contribution in [1.29, 1.82) is 0 Å². The molecule has 2 N–H and O–H groups in total. The molecular weight excluding hydrogens is 379 g/mol. The molecule has 0 amide bonds. The molecule has 1 saturated heterocycles. The van der Waals surface area contributed by atoms with Crippen LogP contribution in [-0.2, 0) is 4.74 Å². The Morgan fingerprint density at radius 2 is 2.00 bits per heavy atom. The Balaban J connectivity index is 0.00000400. The lowest BCUT2D eigenvalue weighted by Gasteiger charge is -2.29. The molecule has 0 saturated carbocycles. The quantitative estimate of drug-likeness (QED) is 0.277. The summed E-state index contributed by atoms with van der Waals surface area (Å²) in [5.41, 5.74) is 0. The zero-order chi connectivity index (χ0) is 14.6. The van der Waals surface area contributed by atoms with E-state index in [1.165, 1.54) is 32.5 Å². The van der Waals surface area contributed by atoms with Gasteiger partial charge in [-0.25, -0.2) is 0 Å². The number of methoxy groups -OCH3 is 1. The topological polar surface area (TPSA) is 48.9 Å². The summed E-state index contributed by atoms with van der Waals surface area (Å²) in [6, 6.07) is 0. The molecule has 1 aliphatic heterocycles. The molecule has 21 heavy (non-hydrogen) atoms. The van der Waals surface area contributed by atoms with E-state index in [1.807, 2.05) is 0 Å². The van der Waals surface area contributed by atoms with Gasteiger partial charge in [-0.2, -0.15) is 0 Å². The molecule has 0 aromatic heterocycles. The van der Waals surface area contributed by atoms with Gasteiger partial charge in [0.05, 0.1) is 6.61 Å². The zero-order valence-corrected chi connectivity index (χ0v) is 16.2. The predicted molar refractivity (Wildman–Crippen MR) is 101 cm³/mol. The van der Waals surface area contributed by atoms with E-state index in [0.717, 1.165) is 37.9 Å². The van der Waals surface area contributed by atoms with Gasteiger partial charge in [-0.1, -0.05) is 6.92 Å². The molecule has 0 aromatic rings. The van der Waals surface area contributed by atoms with Crippen LogP contribution in [-0.4, -0.2) is 63.8 Å². The largest absolute Gasteiger partial charge is 0.383 e. The van der Waals surface area contributed by atoms with Crippen LogP contribution < -0.4 is 10.6 Å². The molecule has 0 aromatic carbocycles. The van der Waals surface area contributed by atoms with Crippen LogP contribution in [0.2, 0.25) is 0 Å². The second kappa shape index (κ2) is 13.6. The molecule has 1 fully saturated rings. The van der Waals surface area contributed by atoms with Crippen molar-refractivity contribution in [2.24, 2.45) is 10.9 Å². The lowest BCUT2D eigenvalue weighted by atomic mass is 9.99. The first-order valence-corrected chi connectivity index (χ1v) is 7.99. The summed E-state index contributed by atoms with van der Waals surface area (Å²) in [5.74, 6) is 1.81. The molecule has 126 valence electrons. The van der Waals surface area contributed by atoms with Crippen molar-refractivity contribution in [2.75, 3.05) is 53.0 Å². The minimum Gasteiger partial charge on any atom is -0.383 e. The number of aliphatic imine (C=N–C) groups is 1. The number of ether oxygens (including phenoxy) is 1. The highest BCUT2D eigenvalue weighted by atomic mass is 127. The Bertz CT molecular complexity index is 268. The van der Waals surface area contributed by atoms with E-state index >= 15 is 0 Å². The summed E-state index contributed by atoms with van der Waals surface area (Å²) >= 11 is 0. The lowest BCUT2D eigenvalue weighted by molar-refractivity contribution is 0.191. The van der Waals surface area contributed by atoms with Gasteiger partial charge >= 0.3 is 0 Å². The summed E-state index contributed by atoms with van der Waals surface area (Å²) in [6.07, 6.45) is 3.84. The molecule has 1 aliphatic rings. The third-order valence-corrected chi connectivity index (χ3v) is 3.72. The normalized spacial score (nSPS) is 17.4. The summed E-state index contributed by atoms with van der Waals surface area (Å²) in [7, 11) is 1.71. The molecule has 5 nitrogen and oxygen atoms in total. The minimum absolute atomic E-state index is 0. The van der Waals surface area contributed by atoms with Crippen molar-refractivity contribution >= 4 is 29.9 Å². The molecule has 0 atom stereocenters. The van der Waals surface area contributed by atoms with Gasteiger partial charge in [0.1, 0.15) is 0 Å². The van der Waals surface area contributed by atoms with Gasteiger partial charge in [-0.15, -0.1) is 24.0 Å². The Kier molecular flexibility index (Phi) is 13.5. The second-order valence-corrected chi connectivity index (χ2v) is 5.56. The fourth-order valence-corrected chi connectivity index (χ4v) is 2.38. The summed E-state index contributed by atoms with van der Waals surface area (Å²) < 4.78 is 5.03. The van der Waals surface area contributed by atoms with Crippen LogP contribution in [0.1, 0.15) is 33.1 Å². The van der Waals surface area contributed by atoms with Gasteiger partial charge in [-0.3, -0.25) is 4.99 Å². The molecular formula is C15H33IN4O. The van der Waals surface area contributed by atoms with Gasteiger partial charge in [0.15, 0.2) is 5.96 Å². The van der Waals surface area contributed by atoms with Crippen molar-refractivity contribution in [1.82, 2.24) is 15.5 Å². The number of likely N-dealkylation sites (tertiary alicyclic amines) is 1. The maximum Gasteiger partial charge on any atom is 0.191 e. The monoisotopic (exact) mass is 412 g/mol. The maximum absolute atomic E-state index is 5.03. The minimum atomic E-state index is 0. The molecule has 1 rings (SSSR count). The highest BCUT2D eigenvalue weighted by molar-refractivity contribution is 14.0. The number of nitrogens with zero attached hydrogens (tertiary/aromatic N) is 2. The van der Waals surface area contributed by atoms with Crippen molar-refractivity contribution in [3.8, 4) is 0 Å². The van der Waals surface area contributed by atoms with E-state index < -0.39 is 0 Å². The van der Waals surface area contributed by atoms with E-state index in [4.69, 9.17) is 4.74 Å². The number of hydrogen-bond acceptors (Lipinski definition) is 3. The first-order chi connectivity index (χ1) is 9.76. The fraction of sp³-hybridized carbons (Fsp3) is 0.933. The summed E-state index contributed by atoms with van der Waals surface area (Å²) in [6.45, 7) is 11.4. The molecule has 0 radical (unpaired) electrons. The van der Waals surface area contributed by atoms with Crippen LogP contribution in [0.3, 0.4) is 0 Å². The highest BCUT2D eigenvalue weighted by Crippen LogP contribution is 2.15.